The topological polar surface area (TPSA) is 56.7 Å². The van der Waals surface area contributed by atoms with Gasteiger partial charge in [-0.3, -0.25) is 0 Å². The van der Waals surface area contributed by atoms with E-state index in [1.54, 1.807) is 22.8 Å². The van der Waals surface area contributed by atoms with Gasteiger partial charge in [-0.1, -0.05) is 145 Å². The minimum Gasteiger partial charge on any atom is -0.455 e. The maximum absolute atomic E-state index is 9.23. The molecule has 7 aromatic carbocycles. The fourth-order valence-electron chi connectivity index (χ4n) is 6.39. The Bertz CT molecular complexity index is 3370. The van der Waals surface area contributed by atoms with Gasteiger partial charge < -0.3 is 8.98 Å². The lowest BCUT2D eigenvalue weighted by molar-refractivity contribution is 0.670. The van der Waals surface area contributed by atoms with Crippen LogP contribution in [0, 0.1) is 0 Å². The van der Waals surface area contributed by atoms with Gasteiger partial charge in [-0.15, -0.1) is 0 Å². The lowest BCUT2D eigenvalue weighted by atomic mass is 9.98. The van der Waals surface area contributed by atoms with Gasteiger partial charge in [0.2, 0.25) is 0 Å². The lowest BCUT2D eigenvalue weighted by Crippen LogP contribution is -2.02. The Kier molecular flexibility index (Phi) is 4.38. The largest absolute Gasteiger partial charge is 0.455 e. The normalized spacial score (nSPS) is 14.7. The van der Waals surface area contributed by atoms with Crippen molar-refractivity contribution in [1.82, 2.24) is 19.5 Å². The average molecular weight is 652 g/mol. The van der Waals surface area contributed by atoms with Crippen molar-refractivity contribution >= 4 is 43.7 Å². The second-order valence-electron chi connectivity index (χ2n) is 11.6. The highest BCUT2D eigenvalue weighted by molar-refractivity contribution is 6.12. The number of benzene rings is 7. The van der Waals surface area contributed by atoms with Crippen molar-refractivity contribution in [2.24, 2.45) is 0 Å². The molecule has 0 saturated heterocycles. The van der Waals surface area contributed by atoms with Crippen LogP contribution in [0.1, 0.15) is 15.1 Å². The Balaban J connectivity index is 1.38. The van der Waals surface area contributed by atoms with Crippen LogP contribution in [0.3, 0.4) is 0 Å². The lowest BCUT2D eigenvalue weighted by Gasteiger charge is -2.16. The molecule has 0 radical (unpaired) electrons. The van der Waals surface area contributed by atoms with Crippen LogP contribution in [-0.4, -0.2) is 19.5 Å². The molecule has 50 heavy (non-hydrogen) atoms. The Morgan fingerprint density at radius 3 is 1.66 bits per heavy atom. The zero-order valence-corrected chi connectivity index (χ0v) is 26.0. The predicted octanol–water partition coefficient (Wildman–Crippen LogP) is 11.5. The standard InChI is InChI=1S/C45H28N4O/c1-3-14-29(15-4-1)43-46-44(30-16-5-2-6-17-30)48-45(47-43)31-26-27-34(36-21-13-22-37-35-20-9-12-25-41(35)50-42(36)37)40(28-31)49-38-23-10-7-18-32(38)33-19-8-11-24-39(33)49/h1-28H/i7D,8D,9D,13D,18D,19D,20D,22D,23D,24D,25D. The fraction of sp³-hybridized carbons (Fsp3) is 0. The van der Waals surface area contributed by atoms with Crippen LogP contribution in [0.2, 0.25) is 0 Å². The third kappa shape index (κ3) is 4.52. The van der Waals surface area contributed by atoms with Gasteiger partial charge >= 0.3 is 0 Å². The first-order chi connectivity index (χ1) is 29.3. The number of fused-ring (bicyclic) bond motifs is 6. The van der Waals surface area contributed by atoms with Crippen LogP contribution < -0.4 is 0 Å². The molecule has 0 aliphatic carbocycles. The van der Waals surface area contributed by atoms with E-state index in [1.165, 1.54) is 24.3 Å². The first-order valence-corrected chi connectivity index (χ1v) is 15.8. The number of furan rings is 1. The van der Waals surface area contributed by atoms with Crippen molar-refractivity contribution in [3.8, 4) is 51.0 Å². The Morgan fingerprint density at radius 2 is 1.02 bits per heavy atom. The Morgan fingerprint density at radius 1 is 0.460 bits per heavy atom. The summed E-state index contributed by atoms with van der Waals surface area (Å²) in [4.78, 5) is 14.7. The van der Waals surface area contributed by atoms with Gasteiger partial charge in [-0.2, -0.15) is 0 Å². The second-order valence-corrected chi connectivity index (χ2v) is 11.6. The van der Waals surface area contributed by atoms with Gasteiger partial charge in [0.05, 0.1) is 31.8 Å². The highest BCUT2D eigenvalue weighted by atomic mass is 16.3. The second kappa shape index (κ2) is 11.4. The fourth-order valence-corrected chi connectivity index (χ4v) is 6.39. The van der Waals surface area contributed by atoms with E-state index in [4.69, 9.17) is 31.7 Å². The molecule has 10 aromatic rings. The molecule has 0 bridgehead atoms. The maximum Gasteiger partial charge on any atom is 0.164 e. The third-order valence-electron chi connectivity index (χ3n) is 8.65. The monoisotopic (exact) mass is 651 g/mol. The summed E-state index contributed by atoms with van der Waals surface area (Å²) in [5, 5.41) is 0.167. The van der Waals surface area contributed by atoms with Gasteiger partial charge in [0.25, 0.3) is 0 Å². The molecular weight excluding hydrogens is 613 g/mol. The zero-order valence-electron chi connectivity index (χ0n) is 37.0. The molecule has 3 aromatic heterocycles. The van der Waals surface area contributed by atoms with Crippen LogP contribution in [0.4, 0.5) is 0 Å². The zero-order chi connectivity index (χ0) is 42.6. The molecule has 0 atom stereocenters. The smallest absolute Gasteiger partial charge is 0.164 e. The summed E-state index contributed by atoms with van der Waals surface area (Å²) in [6.07, 6.45) is 0. The van der Waals surface area contributed by atoms with E-state index >= 15 is 0 Å². The van der Waals surface area contributed by atoms with Crippen molar-refractivity contribution in [2.45, 2.75) is 0 Å². The quantitative estimate of drug-likeness (QED) is 0.186. The number of hydrogen-bond donors (Lipinski definition) is 0. The van der Waals surface area contributed by atoms with Crippen molar-refractivity contribution in [2.75, 3.05) is 0 Å². The minimum atomic E-state index is -0.299. The van der Waals surface area contributed by atoms with E-state index in [1.807, 2.05) is 60.7 Å². The molecule has 0 saturated carbocycles. The van der Waals surface area contributed by atoms with E-state index in [-0.39, 0.29) is 127 Å². The van der Waals surface area contributed by atoms with Gasteiger partial charge in [-0.05, 0) is 24.2 Å². The van der Waals surface area contributed by atoms with Gasteiger partial charge in [-0.25, -0.2) is 15.0 Å². The Labute approximate surface area is 303 Å². The highest BCUT2D eigenvalue weighted by Gasteiger charge is 2.21. The summed E-state index contributed by atoms with van der Waals surface area (Å²) in [6.45, 7) is 0. The number of hydrogen-bond acceptors (Lipinski definition) is 4. The van der Waals surface area contributed by atoms with Gasteiger partial charge in [0.1, 0.15) is 11.2 Å². The summed E-state index contributed by atoms with van der Waals surface area (Å²) >= 11 is 0. The average Bonchev–Trinajstić information content (AvgIpc) is 3.85. The molecular formula is C45H28N4O. The first kappa shape index (κ1) is 19.2. The number of para-hydroxylation sites is 4. The molecule has 0 amide bonds. The molecule has 0 N–H and O–H groups in total. The summed E-state index contributed by atoms with van der Waals surface area (Å²) in [5.74, 6) is 1.02. The predicted molar refractivity (Wildman–Crippen MR) is 203 cm³/mol. The molecule has 234 valence electrons. The van der Waals surface area contributed by atoms with Gasteiger partial charge in [0, 0.05) is 49.4 Å². The third-order valence-corrected chi connectivity index (χ3v) is 8.65. The summed E-state index contributed by atoms with van der Waals surface area (Å²) in [6, 6.07) is 26.2. The van der Waals surface area contributed by atoms with Crippen LogP contribution in [0.5, 0.6) is 0 Å². The molecule has 3 heterocycles. The van der Waals surface area contributed by atoms with E-state index in [0.717, 1.165) is 11.1 Å². The SMILES string of the molecule is [2H]c1cc([2H])c2oc3c(-c4ccc(-c5nc(-c6ccccc6)nc(-c6ccccc6)n5)cc4-n4c5c([2H])cc([2H])c([2H])c5c5c([2H])c([2H])cc([2H])c54)cc([2H])c([2H])c3c2c1[2H]. The van der Waals surface area contributed by atoms with E-state index in [2.05, 4.69) is 0 Å². The summed E-state index contributed by atoms with van der Waals surface area (Å²) in [7, 11) is 0. The van der Waals surface area contributed by atoms with Crippen molar-refractivity contribution in [3.63, 3.8) is 0 Å². The van der Waals surface area contributed by atoms with E-state index in [9.17, 15) is 2.74 Å². The van der Waals surface area contributed by atoms with E-state index < -0.39 is 0 Å². The van der Waals surface area contributed by atoms with Crippen LogP contribution in [-0.2, 0) is 0 Å². The maximum atomic E-state index is 9.23. The van der Waals surface area contributed by atoms with Crippen molar-refractivity contribution in [3.05, 3.63) is 170 Å². The summed E-state index contributed by atoms with van der Waals surface area (Å²) < 4.78 is 105. The summed E-state index contributed by atoms with van der Waals surface area (Å²) in [5.41, 5.74) is 2.89. The van der Waals surface area contributed by atoms with E-state index in [0.29, 0.717) is 22.8 Å². The first-order valence-electron chi connectivity index (χ1n) is 21.3. The molecule has 10 rings (SSSR count). The van der Waals surface area contributed by atoms with Crippen molar-refractivity contribution in [1.29, 1.82) is 0 Å². The molecule has 0 unspecified atom stereocenters. The molecule has 0 aliphatic rings. The Hall–Kier alpha value is -6.85. The minimum absolute atomic E-state index is 0.0339. The highest BCUT2D eigenvalue weighted by Crippen LogP contribution is 2.42. The van der Waals surface area contributed by atoms with Crippen LogP contribution in [0.25, 0.3) is 94.7 Å². The number of rotatable bonds is 5. The van der Waals surface area contributed by atoms with Crippen molar-refractivity contribution < 1.29 is 19.5 Å². The van der Waals surface area contributed by atoms with Gasteiger partial charge in [0.15, 0.2) is 17.5 Å². The van der Waals surface area contributed by atoms with Crippen LogP contribution >= 0.6 is 0 Å². The number of nitrogens with zero attached hydrogens (tertiary/aromatic N) is 4. The number of aromatic nitrogens is 4. The molecule has 0 fully saturated rings. The molecule has 0 spiro atoms. The van der Waals surface area contributed by atoms with Crippen LogP contribution in [0.15, 0.2) is 174 Å². The molecule has 5 heteroatoms. The molecule has 0 aliphatic heterocycles. The molecule has 5 nitrogen and oxygen atoms in total.